The van der Waals surface area contributed by atoms with E-state index in [0.717, 1.165) is 30.8 Å². The van der Waals surface area contributed by atoms with Crippen molar-refractivity contribution in [2.24, 2.45) is 7.05 Å². The van der Waals surface area contributed by atoms with Crippen molar-refractivity contribution in [1.29, 1.82) is 0 Å². The van der Waals surface area contributed by atoms with Gasteiger partial charge in [-0.25, -0.2) is 0 Å². The smallest absolute Gasteiger partial charge is 0.253 e. The van der Waals surface area contributed by atoms with Gasteiger partial charge in [0.05, 0.1) is 7.11 Å². The first-order valence-corrected chi connectivity index (χ1v) is 8.65. The summed E-state index contributed by atoms with van der Waals surface area (Å²) < 4.78 is 7.43. The SMILES string of the molecule is COc1ccc(C(=O)N2CCC(c3cc4ccccc4n3C)C2)cc1. The van der Waals surface area contributed by atoms with Crippen molar-refractivity contribution in [2.75, 3.05) is 20.2 Å². The van der Waals surface area contributed by atoms with Crippen molar-refractivity contribution in [2.45, 2.75) is 12.3 Å². The number of likely N-dealkylation sites (tertiary alicyclic amines) is 1. The molecule has 128 valence electrons. The van der Waals surface area contributed by atoms with Crippen molar-refractivity contribution in [1.82, 2.24) is 9.47 Å². The summed E-state index contributed by atoms with van der Waals surface area (Å²) in [6.45, 7) is 1.58. The lowest BCUT2D eigenvalue weighted by Crippen LogP contribution is -2.28. The Kier molecular flexibility index (Phi) is 3.96. The summed E-state index contributed by atoms with van der Waals surface area (Å²) in [6.07, 6.45) is 1.01. The van der Waals surface area contributed by atoms with Crippen LogP contribution in [0.5, 0.6) is 5.75 Å². The van der Waals surface area contributed by atoms with Crippen molar-refractivity contribution >= 4 is 16.8 Å². The quantitative estimate of drug-likeness (QED) is 0.730. The number of fused-ring (bicyclic) bond motifs is 1. The van der Waals surface area contributed by atoms with Gasteiger partial charge in [0.25, 0.3) is 5.91 Å². The van der Waals surface area contributed by atoms with Gasteiger partial charge >= 0.3 is 0 Å². The third kappa shape index (κ3) is 2.78. The Morgan fingerprint density at radius 1 is 1.12 bits per heavy atom. The zero-order valence-electron chi connectivity index (χ0n) is 14.6. The van der Waals surface area contributed by atoms with Crippen molar-refractivity contribution in [3.8, 4) is 5.75 Å². The van der Waals surface area contributed by atoms with Gasteiger partial charge in [-0.15, -0.1) is 0 Å². The molecule has 1 saturated heterocycles. The molecule has 1 aliphatic heterocycles. The molecule has 3 aromatic rings. The lowest BCUT2D eigenvalue weighted by Gasteiger charge is -2.17. The van der Waals surface area contributed by atoms with E-state index >= 15 is 0 Å². The second kappa shape index (κ2) is 6.28. The number of amides is 1. The maximum Gasteiger partial charge on any atom is 0.253 e. The maximum absolute atomic E-state index is 12.8. The highest BCUT2D eigenvalue weighted by Gasteiger charge is 2.29. The molecule has 2 heterocycles. The molecule has 1 atom stereocenters. The number of ether oxygens (including phenoxy) is 1. The van der Waals surface area contributed by atoms with Crippen LogP contribution in [0.15, 0.2) is 54.6 Å². The molecule has 0 aliphatic carbocycles. The zero-order chi connectivity index (χ0) is 17.4. The number of nitrogens with zero attached hydrogens (tertiary/aromatic N) is 2. The molecule has 1 unspecified atom stereocenters. The molecule has 4 nitrogen and oxygen atoms in total. The van der Waals surface area contributed by atoms with Crippen LogP contribution in [0.2, 0.25) is 0 Å². The van der Waals surface area contributed by atoms with E-state index in [-0.39, 0.29) is 5.91 Å². The van der Waals surface area contributed by atoms with E-state index in [2.05, 4.69) is 41.9 Å². The highest BCUT2D eigenvalue weighted by atomic mass is 16.5. The van der Waals surface area contributed by atoms with E-state index in [1.54, 1.807) is 7.11 Å². The minimum Gasteiger partial charge on any atom is -0.497 e. The van der Waals surface area contributed by atoms with Crippen LogP contribution in [0.4, 0.5) is 0 Å². The molecule has 0 spiro atoms. The molecule has 1 fully saturated rings. The topological polar surface area (TPSA) is 34.5 Å². The summed E-state index contributed by atoms with van der Waals surface area (Å²) >= 11 is 0. The molecule has 25 heavy (non-hydrogen) atoms. The van der Waals surface area contributed by atoms with Gasteiger partial charge in [0.2, 0.25) is 0 Å². The average Bonchev–Trinajstić information content (AvgIpc) is 3.27. The number of hydrogen-bond acceptors (Lipinski definition) is 2. The number of aryl methyl sites for hydroxylation is 1. The monoisotopic (exact) mass is 334 g/mol. The highest BCUT2D eigenvalue weighted by Crippen LogP contribution is 2.32. The number of carbonyl (C=O) groups excluding carboxylic acids is 1. The Balaban J connectivity index is 1.53. The predicted octanol–water partition coefficient (Wildman–Crippen LogP) is 3.82. The molecular formula is C21H22N2O2. The lowest BCUT2D eigenvalue weighted by molar-refractivity contribution is 0.0790. The standard InChI is InChI=1S/C21H22N2O2/c1-22-19-6-4-3-5-16(19)13-20(22)17-11-12-23(14-17)21(24)15-7-9-18(25-2)10-8-15/h3-10,13,17H,11-12,14H2,1-2H3. The molecule has 1 amide bonds. The molecule has 0 bridgehead atoms. The Morgan fingerprint density at radius 2 is 1.88 bits per heavy atom. The fraction of sp³-hybridized carbons (Fsp3) is 0.286. The van der Waals surface area contributed by atoms with Crippen LogP contribution in [0.3, 0.4) is 0 Å². The van der Waals surface area contributed by atoms with E-state index in [4.69, 9.17) is 4.74 Å². The summed E-state index contributed by atoms with van der Waals surface area (Å²) in [4.78, 5) is 14.7. The molecular weight excluding hydrogens is 312 g/mol. The number of carbonyl (C=O) groups is 1. The summed E-state index contributed by atoms with van der Waals surface area (Å²) in [6, 6.07) is 18.1. The molecule has 1 aliphatic rings. The summed E-state index contributed by atoms with van der Waals surface area (Å²) in [5, 5.41) is 1.26. The summed E-state index contributed by atoms with van der Waals surface area (Å²) in [5.41, 5.74) is 3.28. The van der Waals surface area contributed by atoms with Gasteiger partial charge in [0, 0.05) is 42.8 Å². The largest absolute Gasteiger partial charge is 0.497 e. The first kappa shape index (κ1) is 15.8. The van der Waals surface area contributed by atoms with Gasteiger partial charge in [-0.1, -0.05) is 18.2 Å². The van der Waals surface area contributed by atoms with Crippen LogP contribution in [0, 0.1) is 0 Å². The van der Waals surface area contributed by atoms with E-state index in [1.165, 1.54) is 16.6 Å². The highest BCUT2D eigenvalue weighted by molar-refractivity contribution is 5.94. The number of hydrogen-bond donors (Lipinski definition) is 0. The van der Waals surface area contributed by atoms with Crippen molar-refractivity contribution in [3.05, 3.63) is 65.9 Å². The molecule has 4 rings (SSSR count). The second-order valence-corrected chi connectivity index (χ2v) is 6.65. The van der Waals surface area contributed by atoms with Gasteiger partial charge in [-0.05, 0) is 48.2 Å². The number of rotatable bonds is 3. The Hall–Kier alpha value is -2.75. The van der Waals surface area contributed by atoms with E-state index in [0.29, 0.717) is 5.92 Å². The van der Waals surface area contributed by atoms with Gasteiger partial charge in [-0.3, -0.25) is 4.79 Å². The fourth-order valence-corrected chi connectivity index (χ4v) is 3.80. The maximum atomic E-state index is 12.8. The lowest BCUT2D eigenvalue weighted by atomic mass is 10.0. The predicted molar refractivity (Wildman–Crippen MR) is 99.2 cm³/mol. The van der Waals surface area contributed by atoms with E-state index < -0.39 is 0 Å². The van der Waals surface area contributed by atoms with Crippen molar-refractivity contribution in [3.63, 3.8) is 0 Å². The van der Waals surface area contributed by atoms with Crippen LogP contribution in [-0.2, 0) is 7.05 Å². The molecule has 0 radical (unpaired) electrons. The minimum absolute atomic E-state index is 0.101. The third-order valence-corrected chi connectivity index (χ3v) is 5.22. The van der Waals surface area contributed by atoms with Crippen LogP contribution >= 0.6 is 0 Å². The Labute approximate surface area is 147 Å². The fourth-order valence-electron chi connectivity index (χ4n) is 3.80. The van der Waals surface area contributed by atoms with Crippen LogP contribution in [-0.4, -0.2) is 35.6 Å². The first-order valence-electron chi connectivity index (χ1n) is 8.65. The average molecular weight is 334 g/mol. The molecule has 1 aromatic heterocycles. The number of para-hydroxylation sites is 1. The normalized spacial score (nSPS) is 17.2. The molecule has 4 heteroatoms. The number of benzene rings is 2. The van der Waals surface area contributed by atoms with Crippen LogP contribution < -0.4 is 4.74 Å². The number of aromatic nitrogens is 1. The van der Waals surface area contributed by atoms with Gasteiger partial charge in [-0.2, -0.15) is 0 Å². The van der Waals surface area contributed by atoms with Crippen molar-refractivity contribution < 1.29 is 9.53 Å². The Bertz CT molecular complexity index is 911. The first-order chi connectivity index (χ1) is 12.2. The van der Waals surface area contributed by atoms with Crippen LogP contribution in [0.25, 0.3) is 10.9 Å². The van der Waals surface area contributed by atoms with E-state index in [1.807, 2.05) is 29.2 Å². The van der Waals surface area contributed by atoms with Crippen LogP contribution in [0.1, 0.15) is 28.4 Å². The summed E-state index contributed by atoms with van der Waals surface area (Å²) in [5.74, 6) is 1.26. The van der Waals surface area contributed by atoms with Gasteiger partial charge in [0.1, 0.15) is 5.75 Å². The molecule has 0 saturated carbocycles. The minimum atomic E-state index is 0.101. The van der Waals surface area contributed by atoms with E-state index in [9.17, 15) is 4.79 Å². The molecule has 0 N–H and O–H groups in total. The second-order valence-electron chi connectivity index (χ2n) is 6.65. The zero-order valence-corrected chi connectivity index (χ0v) is 14.6. The third-order valence-electron chi connectivity index (χ3n) is 5.22. The van der Waals surface area contributed by atoms with Gasteiger partial charge in [0.15, 0.2) is 0 Å². The summed E-state index contributed by atoms with van der Waals surface area (Å²) in [7, 11) is 3.75. The van der Waals surface area contributed by atoms with Gasteiger partial charge < -0.3 is 14.2 Å². The molecule has 2 aromatic carbocycles. The number of methoxy groups -OCH3 is 1. The Morgan fingerprint density at radius 3 is 2.60 bits per heavy atom.